The fourth-order valence-corrected chi connectivity index (χ4v) is 2.14. The summed E-state index contributed by atoms with van der Waals surface area (Å²) in [4.78, 5) is 24.3. The second-order valence-corrected chi connectivity index (χ2v) is 3.53. The maximum Gasteiger partial charge on any atom is 0.323 e. The molecule has 2 unspecified atom stereocenters. The highest BCUT2D eigenvalue weighted by Crippen LogP contribution is 2.26. The van der Waals surface area contributed by atoms with Crippen LogP contribution in [0, 0.1) is 0 Å². The maximum atomic E-state index is 11.4. The standard InChI is InChI=1S/C9H14ClNO4/c1-14-8(12)6-3-4-7(9(13)15-2)11(6)5-10/h6-7H,3-5H2,1-2H3. The van der Waals surface area contributed by atoms with Crippen molar-refractivity contribution < 1.29 is 19.1 Å². The van der Waals surface area contributed by atoms with Gasteiger partial charge in [-0.05, 0) is 12.8 Å². The molecule has 1 aliphatic rings. The van der Waals surface area contributed by atoms with Gasteiger partial charge in [0.25, 0.3) is 0 Å². The van der Waals surface area contributed by atoms with E-state index in [9.17, 15) is 9.59 Å². The van der Waals surface area contributed by atoms with Gasteiger partial charge in [-0.3, -0.25) is 14.5 Å². The molecule has 5 nitrogen and oxygen atoms in total. The first kappa shape index (κ1) is 12.3. The number of hydrogen-bond acceptors (Lipinski definition) is 5. The lowest BCUT2D eigenvalue weighted by Gasteiger charge is -2.24. The van der Waals surface area contributed by atoms with Gasteiger partial charge in [-0.15, -0.1) is 11.6 Å². The molecule has 0 aliphatic carbocycles. The van der Waals surface area contributed by atoms with E-state index in [1.807, 2.05) is 0 Å². The Hall–Kier alpha value is -0.810. The molecule has 6 heteroatoms. The molecule has 1 fully saturated rings. The van der Waals surface area contributed by atoms with Gasteiger partial charge < -0.3 is 9.47 Å². The smallest absolute Gasteiger partial charge is 0.323 e. The van der Waals surface area contributed by atoms with Gasteiger partial charge in [0.15, 0.2) is 0 Å². The SMILES string of the molecule is COC(=O)C1CCC(C(=O)OC)N1CCl. The number of likely N-dealkylation sites (tertiary alicyclic amines) is 1. The Bertz CT molecular complexity index is 234. The maximum absolute atomic E-state index is 11.4. The number of halogens is 1. The van der Waals surface area contributed by atoms with Gasteiger partial charge >= 0.3 is 11.9 Å². The van der Waals surface area contributed by atoms with Crippen LogP contribution in [0.25, 0.3) is 0 Å². The van der Waals surface area contributed by atoms with Gasteiger partial charge in [0, 0.05) is 0 Å². The number of ether oxygens (including phenoxy) is 2. The lowest BCUT2D eigenvalue weighted by molar-refractivity contribution is -0.150. The molecule has 0 amide bonds. The first-order valence-electron chi connectivity index (χ1n) is 4.63. The van der Waals surface area contributed by atoms with Crippen molar-refractivity contribution in [2.45, 2.75) is 24.9 Å². The first-order chi connectivity index (χ1) is 7.15. The average Bonchev–Trinajstić information content (AvgIpc) is 2.70. The number of carbonyl (C=O) groups excluding carboxylic acids is 2. The van der Waals surface area contributed by atoms with Crippen LogP contribution in [0.3, 0.4) is 0 Å². The minimum absolute atomic E-state index is 0.111. The van der Waals surface area contributed by atoms with Crippen LogP contribution in [-0.2, 0) is 19.1 Å². The Morgan fingerprint density at radius 3 is 1.87 bits per heavy atom. The normalized spacial score (nSPS) is 26.3. The highest BCUT2D eigenvalue weighted by Gasteiger charge is 2.42. The molecular formula is C9H14ClNO4. The van der Waals surface area contributed by atoms with E-state index in [4.69, 9.17) is 11.6 Å². The lowest BCUT2D eigenvalue weighted by atomic mass is 10.2. The molecule has 15 heavy (non-hydrogen) atoms. The van der Waals surface area contributed by atoms with E-state index >= 15 is 0 Å². The summed E-state index contributed by atoms with van der Waals surface area (Å²) in [7, 11) is 2.64. The van der Waals surface area contributed by atoms with Crippen LogP contribution >= 0.6 is 11.6 Å². The molecule has 86 valence electrons. The van der Waals surface area contributed by atoms with Gasteiger partial charge in [0.05, 0.1) is 20.2 Å². The van der Waals surface area contributed by atoms with Crippen molar-refractivity contribution in [2.75, 3.05) is 20.2 Å². The third-order valence-electron chi connectivity index (χ3n) is 2.60. The third-order valence-corrected chi connectivity index (χ3v) is 2.87. The molecule has 1 rings (SSSR count). The highest BCUT2D eigenvalue weighted by molar-refractivity contribution is 6.17. The van der Waals surface area contributed by atoms with E-state index < -0.39 is 12.1 Å². The van der Waals surface area contributed by atoms with E-state index in [1.54, 1.807) is 4.90 Å². The predicted molar refractivity (Wildman–Crippen MR) is 53.4 cm³/mol. The Morgan fingerprint density at radius 1 is 1.20 bits per heavy atom. The van der Waals surface area contributed by atoms with Crippen LogP contribution in [-0.4, -0.2) is 49.1 Å². The van der Waals surface area contributed by atoms with E-state index in [0.717, 1.165) is 0 Å². The predicted octanol–water partition coefficient (Wildman–Crippen LogP) is 0.362. The van der Waals surface area contributed by atoms with Gasteiger partial charge in [-0.2, -0.15) is 0 Å². The Balaban J connectivity index is 2.73. The molecule has 0 aromatic carbocycles. The van der Waals surface area contributed by atoms with E-state index in [-0.39, 0.29) is 17.9 Å². The largest absolute Gasteiger partial charge is 0.468 e. The number of methoxy groups -OCH3 is 2. The van der Waals surface area contributed by atoms with E-state index in [2.05, 4.69) is 9.47 Å². The molecule has 0 radical (unpaired) electrons. The number of nitrogens with zero attached hydrogens (tertiary/aromatic N) is 1. The molecule has 1 aliphatic heterocycles. The van der Waals surface area contributed by atoms with Crippen molar-refractivity contribution in [3.8, 4) is 0 Å². The Kier molecular flexibility index (Phi) is 4.35. The van der Waals surface area contributed by atoms with Gasteiger partial charge in [-0.25, -0.2) is 0 Å². The minimum atomic E-state index is -0.434. The first-order valence-corrected chi connectivity index (χ1v) is 5.16. The molecule has 0 N–H and O–H groups in total. The number of esters is 2. The average molecular weight is 236 g/mol. The molecule has 0 saturated carbocycles. The van der Waals surface area contributed by atoms with Crippen LogP contribution in [0.4, 0.5) is 0 Å². The van der Waals surface area contributed by atoms with Crippen LogP contribution in [0.15, 0.2) is 0 Å². The number of carbonyl (C=O) groups is 2. The quantitative estimate of drug-likeness (QED) is 0.402. The summed E-state index contributed by atoms with van der Waals surface area (Å²) in [6, 6.07) is -0.757. The van der Waals surface area contributed by atoms with Crippen LogP contribution in [0.1, 0.15) is 12.8 Å². The van der Waals surface area contributed by atoms with Crippen LogP contribution in [0.5, 0.6) is 0 Å². The molecule has 0 aromatic rings. The summed E-state index contributed by atoms with van der Waals surface area (Å²) in [5.41, 5.74) is 0. The molecule has 0 bridgehead atoms. The van der Waals surface area contributed by atoms with Crippen LogP contribution in [0.2, 0.25) is 0 Å². The topological polar surface area (TPSA) is 55.8 Å². The zero-order valence-corrected chi connectivity index (χ0v) is 9.49. The summed E-state index contributed by atoms with van der Waals surface area (Å²) in [5.74, 6) is -0.718. The number of rotatable bonds is 3. The summed E-state index contributed by atoms with van der Waals surface area (Å²) in [6.07, 6.45) is 1.14. The van der Waals surface area contributed by atoms with Crippen LogP contribution < -0.4 is 0 Å². The van der Waals surface area contributed by atoms with Gasteiger partial charge in [0.2, 0.25) is 0 Å². The van der Waals surface area contributed by atoms with E-state index in [0.29, 0.717) is 12.8 Å². The third kappa shape index (κ3) is 2.41. The molecule has 1 heterocycles. The highest BCUT2D eigenvalue weighted by atomic mass is 35.5. The fraction of sp³-hybridized carbons (Fsp3) is 0.778. The van der Waals surface area contributed by atoms with Crippen molar-refractivity contribution in [1.29, 1.82) is 0 Å². The summed E-state index contributed by atoms with van der Waals surface area (Å²) < 4.78 is 9.27. The van der Waals surface area contributed by atoms with Gasteiger partial charge in [0.1, 0.15) is 12.1 Å². The van der Waals surface area contributed by atoms with E-state index in [1.165, 1.54) is 14.2 Å². The Labute approximate surface area is 93.3 Å². The molecule has 2 atom stereocenters. The molecular weight excluding hydrogens is 222 g/mol. The van der Waals surface area contributed by atoms with Gasteiger partial charge in [-0.1, -0.05) is 0 Å². The second kappa shape index (κ2) is 5.32. The summed E-state index contributed by atoms with van der Waals surface area (Å²) >= 11 is 5.71. The zero-order valence-electron chi connectivity index (χ0n) is 8.73. The Morgan fingerprint density at radius 2 is 1.60 bits per heavy atom. The number of alkyl halides is 1. The van der Waals surface area contributed by atoms with Crippen molar-refractivity contribution in [3.63, 3.8) is 0 Å². The van der Waals surface area contributed by atoms with Crippen molar-refractivity contribution >= 4 is 23.5 Å². The molecule has 0 aromatic heterocycles. The minimum Gasteiger partial charge on any atom is -0.468 e. The van der Waals surface area contributed by atoms with Crippen molar-refractivity contribution in [2.24, 2.45) is 0 Å². The second-order valence-electron chi connectivity index (χ2n) is 3.29. The van der Waals surface area contributed by atoms with Crippen molar-refractivity contribution in [1.82, 2.24) is 4.90 Å². The molecule has 0 spiro atoms. The number of hydrogen-bond donors (Lipinski definition) is 0. The molecule has 1 saturated heterocycles. The lowest BCUT2D eigenvalue weighted by Crippen LogP contribution is -2.44. The summed E-state index contributed by atoms with van der Waals surface area (Å²) in [6.45, 7) is 0. The fourth-order valence-electron chi connectivity index (χ4n) is 1.81. The zero-order chi connectivity index (χ0) is 11.4. The monoisotopic (exact) mass is 235 g/mol. The van der Waals surface area contributed by atoms with Crippen molar-refractivity contribution in [3.05, 3.63) is 0 Å². The summed E-state index contributed by atoms with van der Waals surface area (Å²) in [5, 5.41) is 0.